The SMILES string of the molecule is O=C(O)C1CCCN(C(=O)NC2CCc3c(Cl)cccc32)C1. The number of aliphatic carboxylic acids is 1. The maximum Gasteiger partial charge on any atom is 0.317 e. The molecule has 0 radical (unpaired) electrons. The molecule has 1 aromatic carbocycles. The number of fused-ring (bicyclic) bond motifs is 1. The number of halogens is 1. The lowest BCUT2D eigenvalue weighted by Gasteiger charge is -2.31. The average molecular weight is 323 g/mol. The highest BCUT2D eigenvalue weighted by molar-refractivity contribution is 6.31. The number of benzene rings is 1. The molecule has 22 heavy (non-hydrogen) atoms. The van der Waals surface area contributed by atoms with Crippen molar-refractivity contribution in [2.75, 3.05) is 13.1 Å². The third-order valence-electron chi connectivity index (χ3n) is 4.57. The van der Waals surface area contributed by atoms with Crippen LogP contribution >= 0.6 is 11.6 Å². The van der Waals surface area contributed by atoms with Crippen LogP contribution in [0.4, 0.5) is 4.79 Å². The van der Waals surface area contributed by atoms with E-state index in [9.17, 15) is 9.59 Å². The molecular weight excluding hydrogens is 304 g/mol. The van der Waals surface area contributed by atoms with Crippen LogP contribution in [0, 0.1) is 5.92 Å². The van der Waals surface area contributed by atoms with Crippen LogP contribution in [0.3, 0.4) is 0 Å². The van der Waals surface area contributed by atoms with Gasteiger partial charge >= 0.3 is 12.0 Å². The van der Waals surface area contributed by atoms with Gasteiger partial charge in [-0.25, -0.2) is 4.79 Å². The fraction of sp³-hybridized carbons (Fsp3) is 0.500. The van der Waals surface area contributed by atoms with Crippen molar-refractivity contribution in [1.29, 1.82) is 0 Å². The second kappa shape index (κ2) is 6.16. The Hall–Kier alpha value is -1.75. The number of rotatable bonds is 2. The van der Waals surface area contributed by atoms with Gasteiger partial charge in [0.2, 0.25) is 0 Å². The first-order chi connectivity index (χ1) is 10.6. The number of carbonyl (C=O) groups is 2. The van der Waals surface area contributed by atoms with Crippen molar-refractivity contribution in [3.8, 4) is 0 Å². The Morgan fingerprint density at radius 2 is 2.14 bits per heavy atom. The van der Waals surface area contributed by atoms with Gasteiger partial charge in [0.05, 0.1) is 12.0 Å². The molecular formula is C16H19ClN2O3. The van der Waals surface area contributed by atoms with Crippen LogP contribution in [0.25, 0.3) is 0 Å². The van der Waals surface area contributed by atoms with Gasteiger partial charge in [0.25, 0.3) is 0 Å². The van der Waals surface area contributed by atoms with E-state index in [0.29, 0.717) is 13.0 Å². The van der Waals surface area contributed by atoms with E-state index in [1.807, 2.05) is 18.2 Å². The van der Waals surface area contributed by atoms with Crippen molar-refractivity contribution >= 4 is 23.6 Å². The van der Waals surface area contributed by atoms with E-state index >= 15 is 0 Å². The number of carbonyl (C=O) groups excluding carboxylic acids is 1. The first kappa shape index (κ1) is 15.2. The molecule has 2 atom stereocenters. The summed E-state index contributed by atoms with van der Waals surface area (Å²) in [6.45, 7) is 0.904. The van der Waals surface area contributed by atoms with Crippen LogP contribution in [-0.2, 0) is 11.2 Å². The van der Waals surface area contributed by atoms with Gasteiger partial charge in [-0.3, -0.25) is 4.79 Å². The zero-order valence-electron chi connectivity index (χ0n) is 12.2. The van der Waals surface area contributed by atoms with Crippen molar-refractivity contribution < 1.29 is 14.7 Å². The molecule has 0 aromatic heterocycles. The Balaban J connectivity index is 1.66. The molecule has 6 heteroatoms. The maximum atomic E-state index is 12.4. The predicted molar refractivity (Wildman–Crippen MR) is 83.0 cm³/mol. The summed E-state index contributed by atoms with van der Waals surface area (Å²) in [5, 5.41) is 12.9. The van der Waals surface area contributed by atoms with E-state index in [0.717, 1.165) is 35.4 Å². The van der Waals surface area contributed by atoms with E-state index in [1.54, 1.807) is 4.90 Å². The van der Waals surface area contributed by atoms with Crippen LogP contribution in [-0.4, -0.2) is 35.1 Å². The number of nitrogens with one attached hydrogen (secondary N) is 1. The number of carboxylic acids is 1. The minimum Gasteiger partial charge on any atom is -0.481 e. The summed E-state index contributed by atoms with van der Waals surface area (Å²) >= 11 is 6.19. The number of piperidine rings is 1. The lowest BCUT2D eigenvalue weighted by atomic mass is 9.98. The molecule has 0 saturated carbocycles. The van der Waals surface area contributed by atoms with Gasteiger partial charge in [-0.05, 0) is 42.9 Å². The van der Waals surface area contributed by atoms with E-state index in [1.165, 1.54) is 0 Å². The molecule has 1 aromatic rings. The summed E-state index contributed by atoms with van der Waals surface area (Å²) in [7, 11) is 0. The van der Waals surface area contributed by atoms with E-state index in [2.05, 4.69) is 5.32 Å². The van der Waals surface area contributed by atoms with Crippen molar-refractivity contribution in [3.63, 3.8) is 0 Å². The first-order valence-corrected chi connectivity index (χ1v) is 7.99. The molecule has 2 unspecified atom stereocenters. The highest BCUT2D eigenvalue weighted by Crippen LogP contribution is 2.35. The molecule has 1 fully saturated rings. The zero-order chi connectivity index (χ0) is 15.7. The summed E-state index contributed by atoms with van der Waals surface area (Å²) in [5.41, 5.74) is 2.18. The molecule has 5 nitrogen and oxygen atoms in total. The van der Waals surface area contributed by atoms with Gasteiger partial charge in [0.15, 0.2) is 0 Å². The first-order valence-electron chi connectivity index (χ1n) is 7.62. The molecule has 1 aliphatic heterocycles. The normalized spacial score (nSPS) is 24.0. The third-order valence-corrected chi connectivity index (χ3v) is 4.92. The Morgan fingerprint density at radius 1 is 1.32 bits per heavy atom. The summed E-state index contributed by atoms with van der Waals surface area (Å²) in [4.78, 5) is 25.1. The van der Waals surface area contributed by atoms with Crippen LogP contribution in [0.5, 0.6) is 0 Å². The standard InChI is InChI=1S/C16H19ClN2O3/c17-13-5-1-4-12-11(13)6-7-14(12)18-16(22)19-8-2-3-10(9-19)15(20)21/h1,4-5,10,14H,2-3,6-9H2,(H,18,22)(H,20,21). The lowest BCUT2D eigenvalue weighted by Crippen LogP contribution is -2.47. The number of amides is 2. The summed E-state index contributed by atoms with van der Waals surface area (Å²) in [6.07, 6.45) is 3.07. The average Bonchev–Trinajstić information content (AvgIpc) is 2.92. The zero-order valence-corrected chi connectivity index (χ0v) is 13.0. The second-order valence-corrected chi connectivity index (χ2v) is 6.38. The molecule has 118 valence electrons. The van der Waals surface area contributed by atoms with Crippen molar-refractivity contribution in [1.82, 2.24) is 10.2 Å². The Morgan fingerprint density at radius 3 is 2.91 bits per heavy atom. The number of carboxylic acid groups (broad SMARTS) is 1. The van der Waals surface area contributed by atoms with Gasteiger partial charge < -0.3 is 15.3 Å². The monoisotopic (exact) mass is 322 g/mol. The molecule has 1 heterocycles. The summed E-state index contributed by atoms with van der Waals surface area (Å²) in [5.74, 6) is -1.28. The molecule has 0 spiro atoms. The van der Waals surface area contributed by atoms with Gasteiger partial charge in [-0.2, -0.15) is 0 Å². The minimum absolute atomic E-state index is 0.0357. The number of hydrogen-bond acceptors (Lipinski definition) is 2. The fourth-order valence-corrected chi connectivity index (χ4v) is 3.64. The van der Waals surface area contributed by atoms with Gasteiger partial charge in [-0.15, -0.1) is 0 Å². The van der Waals surface area contributed by atoms with E-state index < -0.39 is 11.9 Å². The number of hydrogen-bond donors (Lipinski definition) is 2. The summed E-state index contributed by atoms with van der Waals surface area (Å²) < 4.78 is 0. The van der Waals surface area contributed by atoms with Crippen LogP contribution in [0.15, 0.2) is 18.2 Å². The maximum absolute atomic E-state index is 12.4. The third kappa shape index (κ3) is 2.90. The van der Waals surface area contributed by atoms with Crippen molar-refractivity contribution in [3.05, 3.63) is 34.3 Å². The smallest absolute Gasteiger partial charge is 0.317 e. The second-order valence-electron chi connectivity index (χ2n) is 5.97. The number of urea groups is 1. The van der Waals surface area contributed by atoms with Gasteiger partial charge in [0.1, 0.15) is 0 Å². The minimum atomic E-state index is -0.824. The highest BCUT2D eigenvalue weighted by Gasteiger charge is 2.31. The Kier molecular flexibility index (Phi) is 4.25. The highest BCUT2D eigenvalue weighted by atomic mass is 35.5. The van der Waals surface area contributed by atoms with Crippen LogP contribution < -0.4 is 5.32 Å². The van der Waals surface area contributed by atoms with E-state index in [4.69, 9.17) is 16.7 Å². The fourth-order valence-electron chi connectivity index (χ4n) is 3.36. The lowest BCUT2D eigenvalue weighted by molar-refractivity contribution is -0.143. The molecule has 3 rings (SSSR count). The number of likely N-dealkylation sites (tertiary alicyclic amines) is 1. The molecule has 2 amide bonds. The molecule has 1 saturated heterocycles. The Labute approximate surface area is 134 Å². The summed E-state index contributed by atoms with van der Waals surface area (Å²) in [6, 6.07) is 5.55. The largest absolute Gasteiger partial charge is 0.481 e. The number of nitrogens with zero attached hydrogens (tertiary/aromatic N) is 1. The molecule has 1 aliphatic carbocycles. The molecule has 2 N–H and O–H groups in total. The molecule has 0 bridgehead atoms. The van der Waals surface area contributed by atoms with Crippen LogP contribution in [0.1, 0.15) is 36.4 Å². The van der Waals surface area contributed by atoms with Crippen LogP contribution in [0.2, 0.25) is 5.02 Å². The van der Waals surface area contributed by atoms with E-state index in [-0.39, 0.29) is 18.6 Å². The van der Waals surface area contributed by atoms with Crippen molar-refractivity contribution in [2.24, 2.45) is 5.92 Å². The quantitative estimate of drug-likeness (QED) is 0.879. The Bertz CT molecular complexity index is 605. The van der Waals surface area contributed by atoms with Gasteiger partial charge in [0, 0.05) is 18.1 Å². The topological polar surface area (TPSA) is 69.6 Å². The van der Waals surface area contributed by atoms with Gasteiger partial charge in [-0.1, -0.05) is 23.7 Å². The molecule has 2 aliphatic rings. The van der Waals surface area contributed by atoms with Crippen molar-refractivity contribution in [2.45, 2.75) is 31.7 Å². The predicted octanol–water partition coefficient (Wildman–Crippen LogP) is 2.83.